The van der Waals surface area contributed by atoms with Crippen LogP contribution in [0.15, 0.2) is 71.4 Å². The number of anilines is 3. The van der Waals surface area contributed by atoms with Crippen molar-refractivity contribution in [3.63, 3.8) is 0 Å². The fourth-order valence-electron chi connectivity index (χ4n) is 7.04. The van der Waals surface area contributed by atoms with Gasteiger partial charge < -0.3 is 34.9 Å². The van der Waals surface area contributed by atoms with E-state index in [1.165, 1.54) is 37.9 Å². The first-order valence-corrected chi connectivity index (χ1v) is 23.1. The monoisotopic (exact) mass is 931 g/mol. The van der Waals surface area contributed by atoms with Gasteiger partial charge in [0, 0.05) is 43.2 Å². The third kappa shape index (κ3) is 13.6. The molecule has 1 fully saturated rings. The predicted molar refractivity (Wildman–Crippen MR) is 238 cm³/mol. The molecule has 1 saturated heterocycles. The number of hydrogen-bond acceptors (Lipinski definition) is 16. The van der Waals surface area contributed by atoms with Crippen molar-refractivity contribution < 1.29 is 56.3 Å². The average molecular weight is 932 g/mol. The summed E-state index contributed by atoms with van der Waals surface area (Å²) in [4.78, 5) is 88.4. The summed E-state index contributed by atoms with van der Waals surface area (Å²) in [5.74, 6) is -2.91. The Morgan fingerprint density at radius 1 is 0.894 bits per heavy atom. The van der Waals surface area contributed by atoms with E-state index in [2.05, 4.69) is 40.6 Å². The van der Waals surface area contributed by atoms with Gasteiger partial charge in [0.1, 0.15) is 37.1 Å². The van der Waals surface area contributed by atoms with Crippen LogP contribution in [0.4, 0.5) is 21.7 Å². The number of benzene rings is 3. The maximum Gasteiger partial charge on any atom is 0.279 e. The lowest BCUT2D eigenvalue weighted by Crippen LogP contribution is -2.54. The first kappa shape index (κ1) is 48.7. The Balaban J connectivity index is 0.790. The number of carbonyl (C=O) groups is 6. The van der Waals surface area contributed by atoms with Crippen LogP contribution in [-0.2, 0) is 48.9 Å². The summed E-state index contributed by atoms with van der Waals surface area (Å²) in [7, 11) is -1.54. The number of imide groups is 2. The summed E-state index contributed by atoms with van der Waals surface area (Å²) in [6, 6.07) is 14.9. The summed E-state index contributed by atoms with van der Waals surface area (Å²) in [6.45, 7) is 1.00. The van der Waals surface area contributed by atoms with E-state index in [0.717, 1.165) is 17.7 Å². The number of piperidine rings is 1. The fraction of sp³-hybridized carbons (Fsp3) is 0.386. The number of hydrogen-bond donors (Lipinski definition) is 4. The Labute approximate surface area is 379 Å². The molecule has 1 aromatic heterocycles. The zero-order valence-corrected chi connectivity index (χ0v) is 37.2. The molecule has 0 saturated carbocycles. The van der Waals surface area contributed by atoms with E-state index in [0.29, 0.717) is 42.0 Å². The Morgan fingerprint density at radius 2 is 1.65 bits per heavy atom. The number of amides is 6. The third-order valence-electron chi connectivity index (χ3n) is 10.1. The number of carbonyl (C=O) groups excluding carboxylic acids is 6. The summed E-state index contributed by atoms with van der Waals surface area (Å²) < 4.78 is 52.2. The first-order valence-electron chi connectivity index (χ1n) is 21.0. The smallest absolute Gasteiger partial charge is 0.279 e. The van der Waals surface area contributed by atoms with Gasteiger partial charge in [-0.3, -0.25) is 39.0 Å². The van der Waals surface area contributed by atoms with E-state index in [4.69, 9.17) is 18.9 Å². The molecule has 2 unspecified atom stereocenters. The van der Waals surface area contributed by atoms with E-state index in [9.17, 15) is 37.4 Å². The normalized spacial score (nSPS) is 15.4. The van der Waals surface area contributed by atoms with E-state index >= 15 is 0 Å². The molecular weight excluding hydrogens is 882 g/mol. The van der Waals surface area contributed by atoms with Crippen LogP contribution in [0.5, 0.6) is 5.75 Å². The second-order valence-electron chi connectivity index (χ2n) is 15.1. The van der Waals surface area contributed by atoms with Crippen LogP contribution >= 0.6 is 0 Å². The summed E-state index contributed by atoms with van der Waals surface area (Å²) in [6.07, 6.45) is 5.01. The molecule has 350 valence electrons. The second-order valence-corrected chi connectivity index (χ2v) is 17.5. The minimum absolute atomic E-state index is 0.00634. The highest BCUT2D eigenvalue weighted by Crippen LogP contribution is 2.33. The molecule has 2 aliphatic heterocycles. The van der Waals surface area contributed by atoms with Gasteiger partial charge in [-0.15, -0.1) is 0 Å². The molecule has 0 spiro atoms. The number of halogens is 1. The van der Waals surface area contributed by atoms with Crippen molar-refractivity contribution in [1.82, 2.24) is 30.5 Å². The van der Waals surface area contributed by atoms with Gasteiger partial charge >= 0.3 is 0 Å². The van der Waals surface area contributed by atoms with Gasteiger partial charge in [-0.1, -0.05) is 18.2 Å². The number of nitrogens with one attached hydrogen (secondary N) is 4. The molecule has 4 N–H and O–H groups in total. The molecule has 2 atom stereocenters. The number of fused-ring (bicyclic) bond motifs is 1. The Morgan fingerprint density at radius 3 is 2.44 bits per heavy atom. The summed E-state index contributed by atoms with van der Waals surface area (Å²) in [5.41, 5.74) is 2.61. The molecule has 3 heterocycles. The summed E-state index contributed by atoms with van der Waals surface area (Å²) in [5, 5.41) is 11.3. The zero-order chi connectivity index (χ0) is 47.1. The van der Waals surface area contributed by atoms with Crippen molar-refractivity contribution in [1.29, 1.82) is 0 Å². The van der Waals surface area contributed by atoms with Gasteiger partial charge in [-0.2, -0.15) is 9.35 Å². The maximum atomic E-state index is 13.7. The lowest BCUT2D eigenvalue weighted by Gasteiger charge is -2.27. The van der Waals surface area contributed by atoms with Gasteiger partial charge in [0.2, 0.25) is 23.7 Å². The van der Waals surface area contributed by atoms with Gasteiger partial charge in [0.15, 0.2) is 5.82 Å². The molecule has 0 bridgehead atoms. The molecule has 2 aliphatic rings. The molecule has 6 rings (SSSR count). The standard InChI is InChI=1S/C44H50FN9O11S/c1-62-35-23-29(45)12-13-31(35)40-48-27-49-44(52-40)50-30-9-6-8-28(22-30)26-66(2,61)53-38(57)25-65-21-19-63-18-20-64-24-37(56)47-17-5-3-4-16-46-33-11-7-10-32-39(33)43(60)54(42(32)59)34-14-15-36(55)51-41(34)58/h6-13,22-23,27,34,46H,3-5,14-21,24-26H2,1-2H3,(H,47,56)(H,51,55,58)(H,48,49,50,52). The van der Waals surface area contributed by atoms with Gasteiger partial charge in [0.05, 0.1) is 65.7 Å². The Bertz CT molecular complexity index is 2570. The van der Waals surface area contributed by atoms with Gasteiger partial charge in [-0.05, 0) is 67.6 Å². The molecule has 0 radical (unpaired) electrons. The number of methoxy groups -OCH3 is 1. The molecule has 3 aromatic carbocycles. The molecule has 6 amide bonds. The van der Waals surface area contributed by atoms with Crippen LogP contribution in [-0.4, -0.2) is 132 Å². The highest BCUT2D eigenvalue weighted by molar-refractivity contribution is 7.92. The van der Waals surface area contributed by atoms with E-state index in [1.54, 1.807) is 42.5 Å². The fourth-order valence-corrected chi connectivity index (χ4v) is 8.39. The number of ether oxygens (including phenoxy) is 4. The van der Waals surface area contributed by atoms with Crippen LogP contribution < -0.4 is 26.0 Å². The maximum absolute atomic E-state index is 13.7. The quantitative estimate of drug-likeness (QED) is 0.0580. The molecular formula is C44H50FN9O11S. The third-order valence-corrected chi connectivity index (χ3v) is 11.5. The van der Waals surface area contributed by atoms with Crippen LogP contribution in [0.1, 0.15) is 58.4 Å². The van der Waals surface area contributed by atoms with E-state index < -0.39 is 51.1 Å². The minimum Gasteiger partial charge on any atom is -0.496 e. The van der Waals surface area contributed by atoms with Crippen LogP contribution in [0.2, 0.25) is 0 Å². The lowest BCUT2D eigenvalue weighted by molar-refractivity contribution is -0.136. The van der Waals surface area contributed by atoms with Crippen molar-refractivity contribution in [2.75, 3.05) is 76.7 Å². The largest absolute Gasteiger partial charge is 0.496 e. The molecule has 0 aliphatic carbocycles. The Kier molecular flexibility index (Phi) is 17.3. The van der Waals surface area contributed by atoms with Crippen molar-refractivity contribution >= 4 is 62.5 Å². The molecule has 20 nitrogen and oxygen atoms in total. The van der Waals surface area contributed by atoms with Gasteiger partial charge in [-0.25, -0.2) is 18.6 Å². The van der Waals surface area contributed by atoms with Crippen molar-refractivity contribution in [2.24, 2.45) is 4.36 Å². The highest BCUT2D eigenvalue weighted by atomic mass is 32.2. The number of aromatic nitrogens is 3. The van der Waals surface area contributed by atoms with Crippen molar-refractivity contribution in [2.45, 2.75) is 43.9 Å². The van der Waals surface area contributed by atoms with Crippen LogP contribution in [0, 0.1) is 5.82 Å². The van der Waals surface area contributed by atoms with Crippen LogP contribution in [0.25, 0.3) is 11.4 Å². The van der Waals surface area contributed by atoms with Gasteiger partial charge in [0.25, 0.3) is 17.7 Å². The first-order chi connectivity index (χ1) is 31.8. The van der Waals surface area contributed by atoms with Crippen LogP contribution in [0.3, 0.4) is 0 Å². The average Bonchev–Trinajstić information content (AvgIpc) is 3.53. The number of unbranched alkanes of at least 4 members (excludes halogenated alkanes) is 2. The van der Waals surface area contributed by atoms with E-state index in [1.807, 2.05) is 0 Å². The lowest BCUT2D eigenvalue weighted by atomic mass is 10.0. The van der Waals surface area contributed by atoms with Crippen molar-refractivity contribution in [3.05, 3.63) is 89.5 Å². The summed E-state index contributed by atoms with van der Waals surface area (Å²) >= 11 is 0. The second kappa shape index (κ2) is 23.4. The Hall–Kier alpha value is -6.75. The van der Waals surface area contributed by atoms with Crippen molar-refractivity contribution in [3.8, 4) is 17.1 Å². The zero-order valence-electron chi connectivity index (χ0n) is 36.3. The highest BCUT2D eigenvalue weighted by Gasteiger charge is 2.45. The number of rotatable bonds is 24. The topological polar surface area (TPSA) is 259 Å². The SMILES string of the molecule is COc1cc(F)ccc1-c1ncnc(Nc2cccc(CS(C)(=O)=NC(=O)COCCOCCOCC(=O)NCCCCCNc3cccc4c3C(=O)N(C3CCC(=O)NC3=O)C4=O)c2)n1. The minimum atomic E-state index is -2.96. The van der Waals surface area contributed by atoms with E-state index in [-0.39, 0.29) is 92.8 Å². The molecule has 4 aromatic rings. The molecule has 22 heteroatoms. The predicted octanol–water partition coefficient (Wildman–Crippen LogP) is 3.40. The number of nitrogens with zero attached hydrogens (tertiary/aromatic N) is 5. The molecule has 66 heavy (non-hydrogen) atoms.